The first-order chi connectivity index (χ1) is 10.3. The Morgan fingerprint density at radius 2 is 1.71 bits per heavy atom. The van der Waals surface area contributed by atoms with Gasteiger partial charge in [-0.3, -0.25) is 4.98 Å². The van der Waals surface area contributed by atoms with Crippen molar-refractivity contribution in [3.8, 4) is 22.6 Å². The highest BCUT2D eigenvalue weighted by molar-refractivity contribution is 6.30. The van der Waals surface area contributed by atoms with Gasteiger partial charge in [-0.25, -0.2) is 9.97 Å². The van der Waals surface area contributed by atoms with Crippen LogP contribution >= 0.6 is 11.6 Å². The molecule has 0 radical (unpaired) electrons. The fraction of sp³-hybridized carbons (Fsp3) is 0.118. The van der Waals surface area contributed by atoms with Crippen LogP contribution in [0, 0.1) is 0 Å². The van der Waals surface area contributed by atoms with Gasteiger partial charge in [0, 0.05) is 34.7 Å². The number of nitrogens with zero attached hydrogens (tertiary/aromatic N) is 3. The number of aromatic nitrogens is 3. The molecule has 4 rings (SSSR count). The standard InChI is InChI=1S/C17H12ClN3/c18-14-5-3-12(4-6-14)17-20-9-13-2-1-11-7-8-19-10-15(11)16(13)21-17/h3-10H,1-2H2. The van der Waals surface area contributed by atoms with Crippen molar-refractivity contribution in [3.05, 3.63) is 65.1 Å². The summed E-state index contributed by atoms with van der Waals surface area (Å²) in [7, 11) is 0. The lowest BCUT2D eigenvalue weighted by molar-refractivity contribution is 0.907. The van der Waals surface area contributed by atoms with Crippen molar-refractivity contribution in [2.75, 3.05) is 0 Å². The Labute approximate surface area is 127 Å². The van der Waals surface area contributed by atoms with Crippen molar-refractivity contribution in [3.63, 3.8) is 0 Å². The van der Waals surface area contributed by atoms with Crippen LogP contribution in [0.1, 0.15) is 11.1 Å². The van der Waals surface area contributed by atoms with Gasteiger partial charge in [0.1, 0.15) is 0 Å². The lowest BCUT2D eigenvalue weighted by atomic mass is 9.91. The zero-order chi connectivity index (χ0) is 14.2. The molecule has 0 bridgehead atoms. The normalized spacial score (nSPS) is 12.6. The Kier molecular flexibility index (Phi) is 2.93. The first kappa shape index (κ1) is 12.5. The van der Waals surface area contributed by atoms with E-state index in [9.17, 15) is 0 Å². The molecular formula is C17H12ClN3. The van der Waals surface area contributed by atoms with Crippen LogP contribution in [0.3, 0.4) is 0 Å². The van der Waals surface area contributed by atoms with Gasteiger partial charge >= 0.3 is 0 Å². The molecule has 0 atom stereocenters. The third kappa shape index (κ3) is 2.20. The first-order valence-electron chi connectivity index (χ1n) is 6.86. The lowest BCUT2D eigenvalue weighted by Crippen LogP contribution is -2.07. The van der Waals surface area contributed by atoms with E-state index in [1.54, 1.807) is 0 Å². The van der Waals surface area contributed by atoms with E-state index >= 15 is 0 Å². The van der Waals surface area contributed by atoms with Crippen LogP contribution in [0.25, 0.3) is 22.6 Å². The van der Waals surface area contributed by atoms with Gasteiger partial charge in [-0.15, -0.1) is 0 Å². The maximum Gasteiger partial charge on any atom is 0.159 e. The van der Waals surface area contributed by atoms with E-state index in [0.717, 1.165) is 35.5 Å². The monoisotopic (exact) mass is 293 g/mol. The zero-order valence-corrected chi connectivity index (χ0v) is 12.0. The molecule has 0 aliphatic heterocycles. The zero-order valence-electron chi connectivity index (χ0n) is 11.3. The van der Waals surface area contributed by atoms with Crippen molar-refractivity contribution in [1.82, 2.24) is 15.0 Å². The number of hydrogen-bond donors (Lipinski definition) is 0. The molecule has 1 aliphatic rings. The Hall–Kier alpha value is -2.26. The number of aryl methyl sites for hydroxylation is 2. The quantitative estimate of drug-likeness (QED) is 0.682. The third-order valence-corrected chi connectivity index (χ3v) is 4.05. The second-order valence-electron chi connectivity index (χ2n) is 5.11. The molecule has 1 aliphatic carbocycles. The average molecular weight is 294 g/mol. The molecule has 0 amide bonds. The predicted molar refractivity (Wildman–Crippen MR) is 83.1 cm³/mol. The lowest BCUT2D eigenvalue weighted by Gasteiger charge is -2.18. The van der Waals surface area contributed by atoms with Gasteiger partial charge in [0.25, 0.3) is 0 Å². The smallest absolute Gasteiger partial charge is 0.159 e. The van der Waals surface area contributed by atoms with Gasteiger partial charge in [-0.1, -0.05) is 11.6 Å². The number of hydrogen-bond acceptors (Lipinski definition) is 3. The van der Waals surface area contributed by atoms with Gasteiger partial charge in [0.15, 0.2) is 5.82 Å². The molecule has 0 N–H and O–H groups in total. The van der Waals surface area contributed by atoms with Gasteiger partial charge < -0.3 is 0 Å². The maximum atomic E-state index is 5.93. The van der Waals surface area contributed by atoms with Crippen molar-refractivity contribution in [2.45, 2.75) is 12.8 Å². The summed E-state index contributed by atoms with van der Waals surface area (Å²) in [6.07, 6.45) is 7.67. The molecule has 0 saturated carbocycles. The summed E-state index contributed by atoms with van der Waals surface area (Å²) >= 11 is 5.93. The summed E-state index contributed by atoms with van der Waals surface area (Å²) in [4.78, 5) is 13.5. The molecular weight excluding hydrogens is 282 g/mol. The minimum Gasteiger partial charge on any atom is -0.264 e. The van der Waals surface area contributed by atoms with Crippen LogP contribution in [0.2, 0.25) is 5.02 Å². The molecule has 0 fully saturated rings. The Morgan fingerprint density at radius 3 is 2.57 bits per heavy atom. The van der Waals surface area contributed by atoms with E-state index in [-0.39, 0.29) is 0 Å². The van der Waals surface area contributed by atoms with Crippen molar-refractivity contribution in [1.29, 1.82) is 0 Å². The summed E-state index contributed by atoms with van der Waals surface area (Å²) < 4.78 is 0. The van der Waals surface area contributed by atoms with E-state index in [0.29, 0.717) is 5.02 Å². The maximum absolute atomic E-state index is 5.93. The molecule has 1 aromatic carbocycles. The summed E-state index contributed by atoms with van der Waals surface area (Å²) in [6, 6.07) is 9.67. The van der Waals surface area contributed by atoms with Crippen LogP contribution in [0.15, 0.2) is 48.9 Å². The molecule has 3 nitrogen and oxygen atoms in total. The minimum atomic E-state index is 0.714. The van der Waals surface area contributed by atoms with Gasteiger partial charge in [-0.05, 0) is 54.3 Å². The Balaban J connectivity index is 1.86. The van der Waals surface area contributed by atoms with Crippen molar-refractivity contribution in [2.24, 2.45) is 0 Å². The summed E-state index contributed by atoms with van der Waals surface area (Å²) in [5, 5.41) is 0.714. The largest absolute Gasteiger partial charge is 0.264 e. The fourth-order valence-corrected chi connectivity index (χ4v) is 2.81. The highest BCUT2D eigenvalue weighted by atomic mass is 35.5. The highest BCUT2D eigenvalue weighted by Gasteiger charge is 2.18. The molecule has 0 spiro atoms. The highest BCUT2D eigenvalue weighted by Crippen LogP contribution is 2.32. The number of fused-ring (bicyclic) bond motifs is 3. The summed E-state index contributed by atoms with van der Waals surface area (Å²) in [6.45, 7) is 0. The third-order valence-electron chi connectivity index (χ3n) is 3.80. The van der Waals surface area contributed by atoms with E-state index in [2.05, 4.69) is 16.0 Å². The van der Waals surface area contributed by atoms with Crippen molar-refractivity contribution < 1.29 is 0 Å². The van der Waals surface area contributed by atoms with Gasteiger partial charge in [0.2, 0.25) is 0 Å². The predicted octanol–water partition coefficient (Wildman–Crippen LogP) is 3.96. The van der Waals surface area contributed by atoms with Crippen LogP contribution in [-0.4, -0.2) is 15.0 Å². The Bertz CT molecular complexity index is 813. The summed E-state index contributed by atoms with van der Waals surface area (Å²) in [5.74, 6) is 0.724. The fourth-order valence-electron chi connectivity index (χ4n) is 2.68. The number of halogens is 1. The van der Waals surface area contributed by atoms with Gasteiger partial charge in [0.05, 0.1) is 5.69 Å². The van der Waals surface area contributed by atoms with Crippen molar-refractivity contribution >= 4 is 11.6 Å². The van der Waals surface area contributed by atoms with Crippen LogP contribution in [0.5, 0.6) is 0 Å². The average Bonchev–Trinajstić information content (AvgIpc) is 2.55. The molecule has 4 heteroatoms. The van der Waals surface area contributed by atoms with Crippen LogP contribution < -0.4 is 0 Å². The Morgan fingerprint density at radius 1 is 0.905 bits per heavy atom. The van der Waals surface area contributed by atoms with Gasteiger partial charge in [-0.2, -0.15) is 0 Å². The second kappa shape index (κ2) is 4.93. The van der Waals surface area contributed by atoms with Crippen LogP contribution in [-0.2, 0) is 12.8 Å². The molecule has 102 valence electrons. The van der Waals surface area contributed by atoms with E-state index in [1.165, 1.54) is 11.1 Å². The summed E-state index contributed by atoms with van der Waals surface area (Å²) in [5.41, 5.74) is 5.59. The molecule has 2 heterocycles. The SMILES string of the molecule is Clc1ccc(-c2ncc3c(n2)-c2cnccc2CC3)cc1. The van der Waals surface area contributed by atoms with Crippen LogP contribution in [0.4, 0.5) is 0 Å². The number of rotatable bonds is 1. The molecule has 3 aromatic rings. The second-order valence-corrected chi connectivity index (χ2v) is 5.54. The molecule has 21 heavy (non-hydrogen) atoms. The van der Waals surface area contributed by atoms with E-state index in [4.69, 9.17) is 16.6 Å². The van der Waals surface area contributed by atoms with E-state index < -0.39 is 0 Å². The molecule has 0 unspecified atom stereocenters. The molecule has 2 aromatic heterocycles. The number of benzene rings is 1. The number of pyridine rings is 1. The minimum absolute atomic E-state index is 0.714. The molecule has 0 saturated heterocycles. The topological polar surface area (TPSA) is 38.7 Å². The van der Waals surface area contributed by atoms with E-state index in [1.807, 2.05) is 42.9 Å². The first-order valence-corrected chi connectivity index (χ1v) is 7.24.